The Balaban J connectivity index is 1.71. The molecule has 0 spiro atoms. The Bertz CT molecular complexity index is 914. The monoisotopic (exact) mass is 430 g/mol. The van der Waals surface area contributed by atoms with Crippen molar-refractivity contribution in [3.05, 3.63) is 71.0 Å². The SMILES string of the molecule is CCN(CC)C(=O)C(Sc1n[nH]c(COc2ccc(Cl)cc2)n1)c1ccccc1. The van der Waals surface area contributed by atoms with Gasteiger partial charge in [0.1, 0.15) is 17.6 Å². The van der Waals surface area contributed by atoms with Crippen LogP contribution in [0.1, 0.15) is 30.5 Å². The fourth-order valence-corrected chi connectivity index (χ4v) is 3.91. The Kier molecular flexibility index (Phi) is 7.55. The van der Waals surface area contributed by atoms with Gasteiger partial charge in [-0.2, -0.15) is 0 Å². The summed E-state index contributed by atoms with van der Waals surface area (Å²) in [6, 6.07) is 16.8. The van der Waals surface area contributed by atoms with Crippen LogP contribution in [-0.4, -0.2) is 39.1 Å². The fraction of sp³-hybridized carbons (Fsp3) is 0.286. The summed E-state index contributed by atoms with van der Waals surface area (Å²) in [7, 11) is 0. The number of ether oxygens (including phenoxy) is 1. The van der Waals surface area contributed by atoms with Crippen molar-refractivity contribution in [1.29, 1.82) is 0 Å². The van der Waals surface area contributed by atoms with E-state index in [-0.39, 0.29) is 12.5 Å². The highest BCUT2D eigenvalue weighted by Crippen LogP contribution is 2.35. The third kappa shape index (κ3) is 5.74. The van der Waals surface area contributed by atoms with Gasteiger partial charge in [-0.1, -0.05) is 53.7 Å². The lowest BCUT2D eigenvalue weighted by molar-refractivity contribution is -0.130. The van der Waals surface area contributed by atoms with Crippen LogP contribution < -0.4 is 4.74 Å². The van der Waals surface area contributed by atoms with E-state index in [0.29, 0.717) is 34.8 Å². The van der Waals surface area contributed by atoms with Gasteiger partial charge in [-0.25, -0.2) is 4.98 Å². The molecule has 3 aromatic rings. The smallest absolute Gasteiger partial charge is 0.240 e. The van der Waals surface area contributed by atoms with Crippen molar-refractivity contribution in [2.24, 2.45) is 0 Å². The zero-order valence-electron chi connectivity index (χ0n) is 16.3. The van der Waals surface area contributed by atoms with Gasteiger partial charge in [0.25, 0.3) is 0 Å². The molecule has 8 heteroatoms. The van der Waals surface area contributed by atoms with Gasteiger partial charge in [0, 0.05) is 18.1 Å². The van der Waals surface area contributed by atoms with E-state index in [1.807, 2.05) is 49.1 Å². The lowest BCUT2D eigenvalue weighted by atomic mass is 10.1. The predicted molar refractivity (Wildman–Crippen MR) is 115 cm³/mol. The predicted octanol–water partition coefficient (Wildman–Crippen LogP) is 4.74. The van der Waals surface area contributed by atoms with Gasteiger partial charge in [-0.15, -0.1) is 5.10 Å². The molecule has 152 valence electrons. The number of carbonyl (C=O) groups excluding carboxylic acids is 1. The maximum absolute atomic E-state index is 13.1. The molecule has 0 saturated heterocycles. The highest BCUT2D eigenvalue weighted by molar-refractivity contribution is 8.00. The molecule has 1 atom stereocenters. The molecule has 0 aliphatic carbocycles. The number of hydrogen-bond donors (Lipinski definition) is 1. The van der Waals surface area contributed by atoms with Gasteiger partial charge in [0.2, 0.25) is 11.1 Å². The van der Waals surface area contributed by atoms with Crippen molar-refractivity contribution in [2.45, 2.75) is 30.9 Å². The Morgan fingerprint density at radius 1 is 1.14 bits per heavy atom. The maximum atomic E-state index is 13.1. The molecule has 6 nitrogen and oxygen atoms in total. The van der Waals surface area contributed by atoms with Crippen molar-refractivity contribution >= 4 is 29.3 Å². The number of halogens is 1. The zero-order chi connectivity index (χ0) is 20.6. The first-order valence-electron chi connectivity index (χ1n) is 9.40. The number of nitrogens with one attached hydrogen (secondary N) is 1. The molecule has 1 N–H and O–H groups in total. The Hall–Kier alpha value is -2.51. The second-order valence-corrected chi connectivity index (χ2v) is 7.74. The van der Waals surface area contributed by atoms with Crippen molar-refractivity contribution in [3.63, 3.8) is 0 Å². The zero-order valence-corrected chi connectivity index (χ0v) is 17.9. The van der Waals surface area contributed by atoms with Crippen molar-refractivity contribution in [2.75, 3.05) is 13.1 Å². The average molecular weight is 431 g/mol. The molecule has 29 heavy (non-hydrogen) atoms. The normalized spacial score (nSPS) is 11.8. The van der Waals surface area contributed by atoms with Crippen LogP contribution in [0.5, 0.6) is 5.75 Å². The minimum atomic E-state index is -0.406. The van der Waals surface area contributed by atoms with Gasteiger partial charge in [-0.05, 0) is 43.7 Å². The molecule has 1 aromatic heterocycles. The third-order valence-corrected chi connectivity index (χ3v) is 5.68. The number of rotatable bonds is 9. The Morgan fingerprint density at radius 3 is 2.48 bits per heavy atom. The van der Waals surface area contributed by atoms with Gasteiger partial charge < -0.3 is 9.64 Å². The van der Waals surface area contributed by atoms with Crippen LogP contribution in [0.15, 0.2) is 59.8 Å². The van der Waals surface area contributed by atoms with Crippen LogP contribution in [0.2, 0.25) is 5.02 Å². The number of nitrogens with zero attached hydrogens (tertiary/aromatic N) is 3. The van der Waals surface area contributed by atoms with Crippen molar-refractivity contribution in [1.82, 2.24) is 20.1 Å². The largest absolute Gasteiger partial charge is 0.486 e. The molecule has 1 amide bonds. The highest BCUT2D eigenvalue weighted by atomic mass is 35.5. The summed E-state index contributed by atoms with van der Waals surface area (Å²) in [5, 5.41) is 7.89. The van der Waals surface area contributed by atoms with Crippen LogP contribution in [-0.2, 0) is 11.4 Å². The molecular weight excluding hydrogens is 408 g/mol. The van der Waals surface area contributed by atoms with E-state index in [4.69, 9.17) is 16.3 Å². The molecule has 0 aliphatic heterocycles. The number of aromatic amines is 1. The number of amides is 1. The van der Waals surface area contributed by atoms with Crippen LogP contribution >= 0.6 is 23.4 Å². The molecule has 3 rings (SSSR count). The molecule has 1 heterocycles. The second kappa shape index (κ2) is 10.3. The number of carbonyl (C=O) groups is 1. The number of benzene rings is 2. The molecule has 0 fully saturated rings. The molecular formula is C21H23ClN4O2S. The highest BCUT2D eigenvalue weighted by Gasteiger charge is 2.27. The van der Waals surface area contributed by atoms with Crippen LogP contribution in [0.3, 0.4) is 0 Å². The molecule has 0 aliphatic rings. The van der Waals surface area contributed by atoms with Gasteiger partial charge >= 0.3 is 0 Å². The van der Waals surface area contributed by atoms with Crippen molar-refractivity contribution < 1.29 is 9.53 Å². The number of hydrogen-bond acceptors (Lipinski definition) is 5. The first kappa shape index (κ1) is 21.2. The first-order valence-corrected chi connectivity index (χ1v) is 10.7. The summed E-state index contributed by atoms with van der Waals surface area (Å²) in [6.45, 7) is 5.52. The minimum Gasteiger partial charge on any atom is -0.486 e. The van der Waals surface area contributed by atoms with Gasteiger partial charge in [0.15, 0.2) is 5.82 Å². The second-order valence-electron chi connectivity index (χ2n) is 6.23. The number of H-pyrrole nitrogens is 1. The van der Waals surface area contributed by atoms with E-state index in [1.165, 1.54) is 11.8 Å². The number of aromatic nitrogens is 3. The third-order valence-electron chi connectivity index (χ3n) is 4.33. The van der Waals surface area contributed by atoms with Crippen LogP contribution in [0.25, 0.3) is 0 Å². The van der Waals surface area contributed by atoms with Gasteiger partial charge in [0.05, 0.1) is 0 Å². The lowest BCUT2D eigenvalue weighted by Crippen LogP contribution is -2.33. The number of thioether (sulfide) groups is 1. The molecule has 2 aromatic carbocycles. The molecule has 1 unspecified atom stereocenters. The Morgan fingerprint density at radius 2 is 1.83 bits per heavy atom. The first-order chi connectivity index (χ1) is 14.1. The lowest BCUT2D eigenvalue weighted by Gasteiger charge is -2.24. The quantitative estimate of drug-likeness (QED) is 0.496. The summed E-state index contributed by atoms with van der Waals surface area (Å²) >= 11 is 7.22. The summed E-state index contributed by atoms with van der Waals surface area (Å²) < 4.78 is 5.69. The van der Waals surface area contributed by atoms with E-state index in [1.54, 1.807) is 24.3 Å². The fourth-order valence-electron chi connectivity index (χ4n) is 2.77. The van der Waals surface area contributed by atoms with E-state index in [9.17, 15) is 4.79 Å². The van der Waals surface area contributed by atoms with E-state index in [2.05, 4.69) is 15.2 Å². The molecule has 0 bridgehead atoms. The van der Waals surface area contributed by atoms with E-state index in [0.717, 1.165) is 5.56 Å². The summed E-state index contributed by atoms with van der Waals surface area (Å²) in [4.78, 5) is 19.4. The maximum Gasteiger partial charge on any atom is 0.240 e. The van der Waals surface area contributed by atoms with Crippen LogP contribution in [0, 0.1) is 0 Å². The minimum absolute atomic E-state index is 0.0509. The summed E-state index contributed by atoms with van der Waals surface area (Å²) in [5.41, 5.74) is 0.929. The molecule has 0 saturated carbocycles. The molecule has 0 radical (unpaired) electrons. The summed E-state index contributed by atoms with van der Waals surface area (Å²) in [5.74, 6) is 1.33. The van der Waals surface area contributed by atoms with Crippen LogP contribution in [0.4, 0.5) is 0 Å². The average Bonchev–Trinajstić information content (AvgIpc) is 3.20. The topological polar surface area (TPSA) is 71.1 Å². The van der Waals surface area contributed by atoms with Crippen molar-refractivity contribution in [3.8, 4) is 5.75 Å². The van der Waals surface area contributed by atoms with Gasteiger partial charge in [-0.3, -0.25) is 9.89 Å². The summed E-state index contributed by atoms with van der Waals surface area (Å²) in [6.07, 6.45) is 0. The Labute approximate surface area is 179 Å². The standard InChI is InChI=1S/C21H23ClN4O2S/c1-3-26(4-2)20(27)19(15-8-6-5-7-9-15)29-21-23-18(24-25-21)14-28-17-12-10-16(22)11-13-17/h5-13,19H,3-4,14H2,1-2H3,(H,23,24,25). The van der Waals surface area contributed by atoms with E-state index >= 15 is 0 Å². The van der Waals surface area contributed by atoms with E-state index < -0.39 is 5.25 Å². The number of likely N-dealkylation sites (N-methyl/N-ethyl adjacent to an activating group) is 1.